The second kappa shape index (κ2) is 12.4. The maximum absolute atomic E-state index is 13.6. The molecule has 0 spiro atoms. The van der Waals surface area contributed by atoms with Gasteiger partial charge >= 0.3 is 5.97 Å². The van der Waals surface area contributed by atoms with Crippen molar-refractivity contribution in [2.75, 3.05) is 13.2 Å². The van der Waals surface area contributed by atoms with Gasteiger partial charge in [0.2, 0.25) is 0 Å². The first-order chi connectivity index (χ1) is 22.0. The Labute approximate surface area is 264 Å². The number of rotatable bonds is 9. The predicted molar refractivity (Wildman–Crippen MR) is 166 cm³/mol. The Kier molecular flexibility index (Phi) is 8.37. The molecule has 14 nitrogen and oxygen atoms in total. The molecule has 0 saturated heterocycles. The van der Waals surface area contributed by atoms with E-state index >= 15 is 0 Å². The zero-order valence-electron chi connectivity index (χ0n) is 25.0. The normalized spacial score (nSPS) is 16.0. The first-order valence-electron chi connectivity index (χ1n) is 14.6. The van der Waals surface area contributed by atoms with Crippen LogP contribution in [0.2, 0.25) is 0 Å². The zero-order chi connectivity index (χ0) is 32.6. The Hall–Kier alpha value is -4.99. The maximum atomic E-state index is 13.6. The van der Waals surface area contributed by atoms with Crippen LogP contribution in [0.3, 0.4) is 0 Å². The number of amides is 2. The fourth-order valence-corrected chi connectivity index (χ4v) is 6.64. The molecular weight excluding hydrogens is 612 g/mol. The number of hydrogen-bond donors (Lipinski definition) is 3. The van der Waals surface area contributed by atoms with Gasteiger partial charge in [0.15, 0.2) is 0 Å². The number of nitrogens with zero attached hydrogens (tertiary/aromatic N) is 5. The number of esters is 1. The average Bonchev–Trinajstić information content (AvgIpc) is 3.69. The number of carbonyl (C=O) groups is 3. The van der Waals surface area contributed by atoms with Crippen molar-refractivity contribution in [3.63, 3.8) is 0 Å². The molecule has 1 atom stereocenters. The van der Waals surface area contributed by atoms with Crippen molar-refractivity contribution in [2.45, 2.75) is 45.3 Å². The van der Waals surface area contributed by atoms with Gasteiger partial charge in [-0.15, -0.1) is 0 Å². The third-order valence-electron chi connectivity index (χ3n) is 8.33. The topological polar surface area (TPSA) is 191 Å². The van der Waals surface area contributed by atoms with E-state index in [4.69, 9.17) is 9.88 Å². The van der Waals surface area contributed by atoms with Crippen LogP contribution in [0.15, 0.2) is 55.4 Å². The fraction of sp³-hybridized carbons (Fsp3) is 0.290. The summed E-state index contributed by atoms with van der Waals surface area (Å²) in [7, 11) is -3.81. The summed E-state index contributed by atoms with van der Waals surface area (Å²) in [5.41, 5.74) is 5.85. The van der Waals surface area contributed by atoms with E-state index in [1.54, 1.807) is 6.07 Å². The number of carbonyl (C=O) groups excluding carboxylic acids is 3. The Bertz CT molecular complexity index is 2010. The van der Waals surface area contributed by atoms with Crippen molar-refractivity contribution < 1.29 is 27.5 Å². The summed E-state index contributed by atoms with van der Waals surface area (Å²) in [6, 6.07) is 10.2. The molecule has 3 heterocycles. The van der Waals surface area contributed by atoms with Gasteiger partial charge < -0.3 is 15.4 Å². The molecule has 0 saturated carbocycles. The molecular formula is C31H32N8O6S. The highest BCUT2D eigenvalue weighted by Gasteiger charge is 2.29. The molecule has 2 aromatic heterocycles. The largest absolute Gasteiger partial charge is 0.458 e. The van der Waals surface area contributed by atoms with Crippen LogP contribution in [0.4, 0.5) is 0 Å². The fourth-order valence-electron chi connectivity index (χ4n) is 5.97. The molecule has 0 radical (unpaired) electrons. The van der Waals surface area contributed by atoms with E-state index < -0.39 is 28.0 Å². The van der Waals surface area contributed by atoms with Gasteiger partial charge in [-0.05, 0) is 65.6 Å². The van der Waals surface area contributed by atoms with Crippen LogP contribution >= 0.6 is 0 Å². The number of hydrogen-bond acceptors (Lipinski definition) is 9. The van der Waals surface area contributed by atoms with Crippen LogP contribution < -0.4 is 15.8 Å². The Balaban J connectivity index is 1.17. The first-order valence-corrected chi connectivity index (χ1v) is 16.1. The molecule has 4 N–H and O–H groups in total. The molecule has 1 aliphatic carbocycles. The van der Waals surface area contributed by atoms with Crippen LogP contribution in [0, 0.1) is 6.92 Å². The third kappa shape index (κ3) is 6.11. The van der Waals surface area contributed by atoms with Crippen LogP contribution in [0.1, 0.15) is 77.2 Å². The maximum Gasteiger partial charge on any atom is 0.338 e. The third-order valence-corrected chi connectivity index (χ3v) is 9.36. The Morgan fingerprint density at radius 3 is 2.74 bits per heavy atom. The molecule has 2 amide bonds. The Morgan fingerprint density at radius 2 is 1.96 bits per heavy atom. The standard InChI is InChI=1S/C31H32N8O6S/c1-3-12-45-30(42)23-6-7-24-22(18(23)2)8-9-25(24)36-29(41)27-14-26(37-31-34-17-35-39(27)31)28(40)33-15-19-4-5-20-10-11-38(46(32,43)44)16-21(20)13-19/h3-7,13-14,17,25H,1,8-12,15-16H2,2H3,(H,33,40)(H,36,41)(H2,32,43,44)/t25-/m0/s1. The van der Waals surface area contributed by atoms with E-state index in [2.05, 4.69) is 32.3 Å². The number of nitrogens with one attached hydrogen (secondary N) is 2. The summed E-state index contributed by atoms with van der Waals surface area (Å²) < 4.78 is 31.3. The highest BCUT2D eigenvalue weighted by molar-refractivity contribution is 7.86. The minimum Gasteiger partial charge on any atom is -0.458 e. The second-order valence-corrected chi connectivity index (χ2v) is 12.7. The molecule has 15 heteroatoms. The lowest BCUT2D eigenvalue weighted by molar-refractivity contribution is 0.0548. The molecule has 4 aromatic rings. The Morgan fingerprint density at radius 1 is 1.13 bits per heavy atom. The van der Waals surface area contributed by atoms with Crippen LogP contribution in [-0.2, 0) is 40.9 Å². The monoisotopic (exact) mass is 644 g/mol. The highest BCUT2D eigenvalue weighted by atomic mass is 32.2. The first kappa shape index (κ1) is 31.0. The number of aromatic nitrogens is 4. The zero-order valence-corrected chi connectivity index (χ0v) is 25.8. The van der Waals surface area contributed by atoms with E-state index in [-0.39, 0.29) is 42.9 Å². The summed E-state index contributed by atoms with van der Waals surface area (Å²) in [4.78, 5) is 47.6. The summed E-state index contributed by atoms with van der Waals surface area (Å²) in [6.07, 6.45) is 4.60. The summed E-state index contributed by atoms with van der Waals surface area (Å²) in [5.74, 6) is -1.34. The van der Waals surface area contributed by atoms with Crippen LogP contribution in [0.5, 0.6) is 0 Å². The molecule has 0 bridgehead atoms. The lowest BCUT2D eigenvalue weighted by Crippen LogP contribution is -2.40. The van der Waals surface area contributed by atoms with Crippen LogP contribution in [-0.4, -0.2) is 63.2 Å². The summed E-state index contributed by atoms with van der Waals surface area (Å²) >= 11 is 0. The van der Waals surface area contributed by atoms with Gasteiger partial charge in [-0.3, -0.25) is 9.59 Å². The van der Waals surface area contributed by atoms with Gasteiger partial charge in [-0.1, -0.05) is 36.9 Å². The van der Waals surface area contributed by atoms with Gasteiger partial charge in [0.1, 0.15) is 24.3 Å². The molecule has 0 fully saturated rings. The van der Waals surface area contributed by atoms with Crippen molar-refractivity contribution in [2.24, 2.45) is 5.14 Å². The van der Waals surface area contributed by atoms with Crippen molar-refractivity contribution >= 4 is 33.8 Å². The molecule has 6 rings (SSSR count). The number of nitrogens with two attached hydrogens (primary N) is 1. The summed E-state index contributed by atoms with van der Waals surface area (Å²) in [6.45, 7) is 6.17. The lowest BCUT2D eigenvalue weighted by Gasteiger charge is -2.26. The van der Waals surface area contributed by atoms with Crippen molar-refractivity contribution in [1.82, 2.24) is 34.5 Å². The molecule has 2 aromatic carbocycles. The van der Waals surface area contributed by atoms with E-state index in [9.17, 15) is 22.8 Å². The van der Waals surface area contributed by atoms with E-state index in [0.717, 1.165) is 33.4 Å². The highest BCUT2D eigenvalue weighted by Crippen LogP contribution is 2.35. The lowest BCUT2D eigenvalue weighted by atomic mass is 9.98. The van der Waals surface area contributed by atoms with Gasteiger partial charge in [-0.25, -0.2) is 14.9 Å². The summed E-state index contributed by atoms with van der Waals surface area (Å²) in [5, 5.41) is 15.3. The van der Waals surface area contributed by atoms with Gasteiger partial charge in [0.25, 0.3) is 27.8 Å². The molecule has 46 heavy (non-hydrogen) atoms. The van der Waals surface area contributed by atoms with Gasteiger partial charge in [-0.2, -0.15) is 27.3 Å². The van der Waals surface area contributed by atoms with E-state index in [0.29, 0.717) is 31.4 Å². The van der Waals surface area contributed by atoms with E-state index in [1.165, 1.54) is 27.3 Å². The van der Waals surface area contributed by atoms with E-state index in [1.807, 2.05) is 31.2 Å². The smallest absolute Gasteiger partial charge is 0.338 e. The van der Waals surface area contributed by atoms with Crippen molar-refractivity contribution in [3.8, 4) is 0 Å². The molecule has 1 aliphatic heterocycles. The SMILES string of the molecule is C=CCOC(=O)c1ccc2c(c1C)CC[C@@H]2NC(=O)c1cc(C(=O)NCc2ccc3c(c2)CN(S(N)(=O)=O)CC3)nc2ncnn12. The van der Waals surface area contributed by atoms with Crippen LogP contribution in [0.25, 0.3) is 5.78 Å². The number of fused-ring (bicyclic) bond motifs is 3. The molecule has 2 aliphatic rings. The van der Waals surface area contributed by atoms with Crippen molar-refractivity contribution in [1.29, 1.82) is 0 Å². The molecule has 238 valence electrons. The average molecular weight is 645 g/mol. The minimum atomic E-state index is -3.81. The second-order valence-electron chi connectivity index (χ2n) is 11.2. The van der Waals surface area contributed by atoms with Crippen molar-refractivity contribution in [3.05, 3.63) is 106 Å². The number of benzene rings is 2. The molecule has 0 unspecified atom stereocenters. The number of ether oxygens (including phenoxy) is 1. The predicted octanol–water partition coefficient (Wildman–Crippen LogP) is 1.68. The quantitative estimate of drug-likeness (QED) is 0.180. The minimum absolute atomic E-state index is 0.0191. The van der Waals surface area contributed by atoms with Gasteiger partial charge in [0, 0.05) is 25.7 Å². The van der Waals surface area contributed by atoms with Gasteiger partial charge in [0.05, 0.1) is 11.6 Å².